The van der Waals surface area contributed by atoms with Crippen LogP contribution in [0.25, 0.3) is 10.8 Å². The minimum atomic E-state index is -0.627. The van der Waals surface area contributed by atoms with Gasteiger partial charge in [0, 0.05) is 0 Å². The zero-order valence-electron chi connectivity index (χ0n) is 11.1. The molecule has 0 bridgehead atoms. The maximum Gasteiger partial charge on any atom is 0.267 e. The van der Waals surface area contributed by atoms with Crippen molar-refractivity contribution in [3.8, 4) is 11.6 Å². The third-order valence-corrected chi connectivity index (χ3v) is 3.08. The van der Waals surface area contributed by atoms with E-state index in [1.165, 1.54) is 6.07 Å². The van der Waals surface area contributed by atoms with Crippen molar-refractivity contribution in [2.75, 3.05) is 5.73 Å². The number of hydrogen-bond donors (Lipinski definition) is 2. The Labute approximate surface area is 121 Å². The highest BCUT2D eigenvalue weighted by Gasteiger charge is 2.09. The first-order valence-corrected chi connectivity index (χ1v) is 6.36. The van der Waals surface area contributed by atoms with Crippen molar-refractivity contribution < 1.29 is 9.53 Å². The largest absolute Gasteiger partial charge is 0.437 e. The second-order valence-corrected chi connectivity index (χ2v) is 4.57. The van der Waals surface area contributed by atoms with Gasteiger partial charge in [-0.15, -0.1) is 0 Å². The summed E-state index contributed by atoms with van der Waals surface area (Å²) in [5.41, 5.74) is 11.5. The van der Waals surface area contributed by atoms with Crippen molar-refractivity contribution in [3.05, 3.63) is 60.3 Å². The molecule has 0 saturated carbocycles. The van der Waals surface area contributed by atoms with E-state index in [-0.39, 0.29) is 11.6 Å². The summed E-state index contributed by atoms with van der Waals surface area (Å²) >= 11 is 0. The Hall–Kier alpha value is -3.08. The summed E-state index contributed by atoms with van der Waals surface area (Å²) in [6, 6.07) is 16.6. The van der Waals surface area contributed by atoms with Crippen LogP contribution in [0.15, 0.2) is 54.6 Å². The Morgan fingerprint density at radius 1 is 1.00 bits per heavy atom. The van der Waals surface area contributed by atoms with Crippen LogP contribution in [0.2, 0.25) is 0 Å². The monoisotopic (exact) mass is 279 g/mol. The number of hydrogen-bond acceptors (Lipinski definition) is 4. The van der Waals surface area contributed by atoms with E-state index in [0.29, 0.717) is 11.4 Å². The molecule has 0 aliphatic rings. The second kappa shape index (κ2) is 5.13. The van der Waals surface area contributed by atoms with Gasteiger partial charge in [0.1, 0.15) is 11.4 Å². The van der Waals surface area contributed by atoms with Crippen LogP contribution < -0.4 is 16.2 Å². The first-order chi connectivity index (χ1) is 10.1. The first-order valence-electron chi connectivity index (χ1n) is 6.36. The first kappa shape index (κ1) is 12.9. The Morgan fingerprint density at radius 2 is 1.76 bits per heavy atom. The molecule has 104 valence electrons. The number of nitrogen functional groups attached to an aromatic ring is 1. The average molecular weight is 279 g/mol. The van der Waals surface area contributed by atoms with Crippen molar-refractivity contribution in [2.24, 2.45) is 5.73 Å². The van der Waals surface area contributed by atoms with Gasteiger partial charge in [-0.25, -0.2) is 4.98 Å². The number of primary amides is 1. The lowest BCUT2D eigenvalue weighted by molar-refractivity contribution is 0.0995. The number of carbonyl (C=O) groups is 1. The van der Waals surface area contributed by atoms with Crippen LogP contribution in [0, 0.1) is 0 Å². The van der Waals surface area contributed by atoms with Crippen LogP contribution in [-0.2, 0) is 0 Å². The molecule has 1 aromatic heterocycles. The molecule has 4 N–H and O–H groups in total. The number of aromatic nitrogens is 1. The predicted octanol–water partition coefficient (Wildman–Crippen LogP) is 2.71. The molecule has 0 fully saturated rings. The van der Waals surface area contributed by atoms with Crippen molar-refractivity contribution in [2.45, 2.75) is 0 Å². The molecule has 2 aromatic carbocycles. The molecule has 0 saturated heterocycles. The fourth-order valence-corrected chi connectivity index (χ4v) is 2.01. The number of pyridine rings is 1. The van der Waals surface area contributed by atoms with Crippen LogP contribution in [0.5, 0.6) is 11.6 Å². The number of rotatable bonds is 3. The summed E-state index contributed by atoms with van der Waals surface area (Å²) in [4.78, 5) is 15.2. The molecule has 0 spiro atoms. The fourth-order valence-electron chi connectivity index (χ4n) is 2.01. The topological polar surface area (TPSA) is 91.2 Å². The number of anilines is 1. The van der Waals surface area contributed by atoms with Crippen LogP contribution >= 0.6 is 0 Å². The molecule has 5 nitrogen and oxygen atoms in total. The molecule has 0 radical (unpaired) electrons. The lowest BCUT2D eigenvalue weighted by Crippen LogP contribution is -2.13. The molecule has 1 heterocycles. The summed E-state index contributed by atoms with van der Waals surface area (Å²) in [7, 11) is 0. The van der Waals surface area contributed by atoms with Gasteiger partial charge in [0.15, 0.2) is 0 Å². The van der Waals surface area contributed by atoms with Gasteiger partial charge in [0.2, 0.25) is 5.88 Å². The minimum Gasteiger partial charge on any atom is -0.437 e. The molecule has 3 aromatic rings. The van der Waals surface area contributed by atoms with Crippen molar-refractivity contribution >= 4 is 22.4 Å². The zero-order chi connectivity index (χ0) is 14.8. The number of fused-ring (bicyclic) bond motifs is 1. The molecular formula is C16H13N3O2. The Balaban J connectivity index is 1.98. The van der Waals surface area contributed by atoms with E-state index >= 15 is 0 Å². The molecule has 0 atom stereocenters. The van der Waals surface area contributed by atoms with Gasteiger partial charge in [-0.1, -0.05) is 30.3 Å². The van der Waals surface area contributed by atoms with Gasteiger partial charge in [-0.2, -0.15) is 0 Å². The molecule has 5 heteroatoms. The van der Waals surface area contributed by atoms with Crippen LogP contribution in [-0.4, -0.2) is 10.9 Å². The van der Waals surface area contributed by atoms with Crippen LogP contribution in [0.3, 0.4) is 0 Å². The Bertz CT molecular complexity index is 831. The van der Waals surface area contributed by atoms with Gasteiger partial charge in [-0.05, 0) is 35.0 Å². The van der Waals surface area contributed by atoms with Crippen molar-refractivity contribution in [1.29, 1.82) is 0 Å². The molecule has 0 aliphatic heterocycles. The normalized spacial score (nSPS) is 10.5. The Morgan fingerprint density at radius 3 is 2.52 bits per heavy atom. The lowest BCUT2D eigenvalue weighted by Gasteiger charge is -2.09. The van der Waals surface area contributed by atoms with E-state index < -0.39 is 5.91 Å². The third-order valence-electron chi connectivity index (χ3n) is 3.08. The van der Waals surface area contributed by atoms with Gasteiger partial charge < -0.3 is 16.2 Å². The minimum absolute atomic E-state index is 0.111. The summed E-state index contributed by atoms with van der Waals surface area (Å²) in [6.45, 7) is 0. The van der Waals surface area contributed by atoms with E-state index in [1.54, 1.807) is 6.07 Å². The standard InChI is InChI=1S/C16H13N3O2/c17-13-7-8-14(15(18)20)19-16(13)21-12-6-5-10-3-1-2-4-11(10)9-12/h1-9H,17H2,(H2,18,20). The van der Waals surface area contributed by atoms with E-state index in [2.05, 4.69) is 4.98 Å². The highest BCUT2D eigenvalue weighted by Crippen LogP contribution is 2.28. The molecular weight excluding hydrogens is 266 g/mol. The quantitative estimate of drug-likeness (QED) is 0.771. The molecule has 21 heavy (non-hydrogen) atoms. The molecule has 0 aliphatic carbocycles. The SMILES string of the molecule is NC(=O)c1ccc(N)c(Oc2ccc3ccccc3c2)n1. The summed E-state index contributed by atoms with van der Waals surface area (Å²) in [6.07, 6.45) is 0. The van der Waals surface area contributed by atoms with Crippen LogP contribution in [0.1, 0.15) is 10.5 Å². The zero-order valence-corrected chi connectivity index (χ0v) is 11.1. The van der Waals surface area contributed by atoms with Crippen molar-refractivity contribution in [1.82, 2.24) is 4.98 Å². The highest BCUT2D eigenvalue weighted by atomic mass is 16.5. The van der Waals surface area contributed by atoms with Gasteiger partial charge in [-0.3, -0.25) is 4.79 Å². The maximum atomic E-state index is 11.2. The average Bonchev–Trinajstić information content (AvgIpc) is 2.49. The number of nitrogens with zero attached hydrogens (tertiary/aromatic N) is 1. The number of carbonyl (C=O) groups excluding carboxylic acids is 1. The van der Waals surface area contributed by atoms with E-state index in [0.717, 1.165) is 10.8 Å². The molecule has 0 unspecified atom stereocenters. The van der Waals surface area contributed by atoms with E-state index in [1.807, 2.05) is 42.5 Å². The number of amides is 1. The summed E-state index contributed by atoms with van der Waals surface area (Å²) < 4.78 is 5.66. The van der Waals surface area contributed by atoms with Gasteiger partial charge >= 0.3 is 0 Å². The summed E-state index contributed by atoms with van der Waals surface area (Å²) in [5.74, 6) is 0.134. The van der Waals surface area contributed by atoms with E-state index in [9.17, 15) is 4.79 Å². The molecule has 3 rings (SSSR count). The highest BCUT2D eigenvalue weighted by molar-refractivity contribution is 5.91. The number of benzene rings is 2. The second-order valence-electron chi connectivity index (χ2n) is 4.57. The summed E-state index contributed by atoms with van der Waals surface area (Å²) in [5, 5.41) is 2.15. The Kier molecular flexibility index (Phi) is 3.16. The van der Waals surface area contributed by atoms with Gasteiger partial charge in [0.25, 0.3) is 5.91 Å². The number of nitrogens with two attached hydrogens (primary N) is 2. The smallest absolute Gasteiger partial charge is 0.267 e. The third kappa shape index (κ3) is 2.62. The number of ether oxygens (including phenoxy) is 1. The predicted molar refractivity (Wildman–Crippen MR) is 81.2 cm³/mol. The van der Waals surface area contributed by atoms with Gasteiger partial charge in [0.05, 0.1) is 5.69 Å². The lowest BCUT2D eigenvalue weighted by atomic mass is 10.1. The fraction of sp³-hybridized carbons (Fsp3) is 0. The molecule has 1 amide bonds. The van der Waals surface area contributed by atoms with Crippen LogP contribution in [0.4, 0.5) is 5.69 Å². The maximum absolute atomic E-state index is 11.2. The van der Waals surface area contributed by atoms with E-state index in [4.69, 9.17) is 16.2 Å². The van der Waals surface area contributed by atoms with Crippen molar-refractivity contribution in [3.63, 3.8) is 0 Å².